The van der Waals surface area contributed by atoms with Gasteiger partial charge in [-0.15, -0.1) is 0 Å². The molecule has 2 aromatic rings. The Morgan fingerprint density at radius 2 is 2.33 bits per heavy atom. The average molecular weight is 330 g/mol. The Hall–Kier alpha value is -2.25. The highest BCUT2D eigenvalue weighted by Crippen LogP contribution is 2.13. The number of nitrogens with zero attached hydrogens (tertiary/aromatic N) is 3. The summed E-state index contributed by atoms with van der Waals surface area (Å²) in [5.74, 6) is 0.773. The lowest BCUT2D eigenvalue weighted by molar-refractivity contribution is -0.127. The van der Waals surface area contributed by atoms with Crippen molar-refractivity contribution in [3.05, 3.63) is 48.3 Å². The van der Waals surface area contributed by atoms with E-state index in [-0.39, 0.29) is 24.6 Å². The van der Waals surface area contributed by atoms with Gasteiger partial charge in [0, 0.05) is 25.2 Å². The summed E-state index contributed by atoms with van der Waals surface area (Å²) < 4.78 is 13.2. The maximum absolute atomic E-state index is 12.3. The lowest BCUT2D eigenvalue weighted by Gasteiger charge is -2.32. The highest BCUT2D eigenvalue weighted by molar-refractivity contribution is 5.76. The molecule has 0 radical (unpaired) electrons. The van der Waals surface area contributed by atoms with Gasteiger partial charge in [0.25, 0.3) is 0 Å². The van der Waals surface area contributed by atoms with Crippen molar-refractivity contribution in [2.75, 3.05) is 13.2 Å². The second kappa shape index (κ2) is 8.03. The van der Waals surface area contributed by atoms with Crippen molar-refractivity contribution in [1.29, 1.82) is 0 Å². The van der Waals surface area contributed by atoms with Crippen molar-refractivity contribution >= 4 is 5.91 Å². The number of hydrogen-bond acceptors (Lipinski definition) is 5. The second-order valence-corrected chi connectivity index (χ2v) is 5.81. The fourth-order valence-corrected chi connectivity index (χ4v) is 2.70. The first-order valence-corrected chi connectivity index (χ1v) is 8.09. The van der Waals surface area contributed by atoms with Crippen LogP contribution in [0.25, 0.3) is 0 Å². The number of rotatable bonds is 6. The van der Waals surface area contributed by atoms with Gasteiger partial charge in [-0.3, -0.25) is 9.78 Å². The number of nitrogens with one attached hydrogen (secondary N) is 1. The van der Waals surface area contributed by atoms with Crippen LogP contribution in [-0.4, -0.2) is 45.8 Å². The molecule has 0 aromatic carbocycles. The summed E-state index contributed by atoms with van der Waals surface area (Å²) in [6.45, 7) is 3.64. The van der Waals surface area contributed by atoms with Crippen LogP contribution in [-0.2, 0) is 27.4 Å². The first kappa shape index (κ1) is 16.6. The van der Waals surface area contributed by atoms with Crippen molar-refractivity contribution in [1.82, 2.24) is 19.9 Å². The smallest absolute Gasteiger partial charge is 0.240 e. The second-order valence-electron chi connectivity index (χ2n) is 5.81. The largest absolute Gasteiger partial charge is 0.379 e. The van der Waals surface area contributed by atoms with E-state index in [1.807, 2.05) is 29.7 Å². The van der Waals surface area contributed by atoms with Crippen LogP contribution < -0.4 is 5.32 Å². The topological polar surface area (TPSA) is 78.3 Å². The van der Waals surface area contributed by atoms with Crippen LogP contribution in [0.4, 0.5) is 0 Å². The third-order valence-electron chi connectivity index (χ3n) is 4.06. The van der Waals surface area contributed by atoms with E-state index < -0.39 is 0 Å². The molecule has 0 saturated carbocycles. The standard InChI is InChI=1S/C17H22N4O3/c1-13-18-7-8-21(13)10-17(22)20-15-5-9-23-12-16(15)24-11-14-4-2-3-6-19-14/h2-4,6-8,15-16H,5,9-12H2,1H3,(H,20,22)/t15-,16-/m1/s1. The monoisotopic (exact) mass is 330 g/mol. The number of aryl methyl sites for hydroxylation is 1. The van der Waals surface area contributed by atoms with E-state index in [1.54, 1.807) is 18.6 Å². The van der Waals surface area contributed by atoms with Gasteiger partial charge in [0.05, 0.1) is 24.9 Å². The number of amides is 1. The van der Waals surface area contributed by atoms with Crippen molar-refractivity contribution < 1.29 is 14.3 Å². The maximum Gasteiger partial charge on any atom is 0.240 e. The molecule has 1 aliphatic heterocycles. The van der Waals surface area contributed by atoms with Gasteiger partial charge in [-0.2, -0.15) is 0 Å². The molecule has 0 bridgehead atoms. The zero-order chi connectivity index (χ0) is 16.8. The molecule has 1 aliphatic rings. The molecule has 7 nitrogen and oxygen atoms in total. The zero-order valence-electron chi connectivity index (χ0n) is 13.7. The van der Waals surface area contributed by atoms with Gasteiger partial charge in [0.2, 0.25) is 5.91 Å². The molecule has 3 heterocycles. The SMILES string of the molecule is Cc1nccn1CC(=O)N[C@@H]1CCOC[C@H]1OCc1ccccn1. The van der Waals surface area contributed by atoms with Gasteiger partial charge >= 0.3 is 0 Å². The molecule has 1 N–H and O–H groups in total. The minimum Gasteiger partial charge on any atom is -0.379 e. The van der Waals surface area contributed by atoms with Gasteiger partial charge in [0.1, 0.15) is 18.5 Å². The van der Waals surface area contributed by atoms with Crippen molar-refractivity contribution in [2.45, 2.75) is 38.6 Å². The van der Waals surface area contributed by atoms with E-state index in [4.69, 9.17) is 9.47 Å². The van der Waals surface area contributed by atoms with Crippen LogP contribution >= 0.6 is 0 Å². The number of pyridine rings is 1. The molecule has 7 heteroatoms. The first-order chi connectivity index (χ1) is 11.7. The number of hydrogen-bond donors (Lipinski definition) is 1. The predicted molar refractivity (Wildman–Crippen MR) is 87.1 cm³/mol. The van der Waals surface area contributed by atoms with Gasteiger partial charge < -0.3 is 19.4 Å². The van der Waals surface area contributed by atoms with Crippen molar-refractivity contribution in [3.8, 4) is 0 Å². The number of ether oxygens (including phenoxy) is 2. The van der Waals surface area contributed by atoms with Crippen LogP contribution in [0.1, 0.15) is 17.9 Å². The lowest BCUT2D eigenvalue weighted by atomic mass is 10.1. The number of carbonyl (C=O) groups is 1. The molecule has 1 saturated heterocycles. The average Bonchev–Trinajstić information content (AvgIpc) is 3.00. The zero-order valence-corrected chi connectivity index (χ0v) is 13.7. The van der Waals surface area contributed by atoms with E-state index in [9.17, 15) is 4.79 Å². The Bertz CT molecular complexity index is 659. The van der Waals surface area contributed by atoms with Gasteiger partial charge in [-0.25, -0.2) is 4.98 Å². The Morgan fingerprint density at radius 3 is 3.08 bits per heavy atom. The third-order valence-corrected chi connectivity index (χ3v) is 4.06. The van der Waals surface area contributed by atoms with E-state index >= 15 is 0 Å². The van der Waals surface area contributed by atoms with Crippen molar-refractivity contribution in [2.24, 2.45) is 0 Å². The van der Waals surface area contributed by atoms with E-state index in [0.29, 0.717) is 19.8 Å². The number of aromatic nitrogens is 3. The summed E-state index contributed by atoms with van der Waals surface area (Å²) >= 11 is 0. The van der Waals surface area contributed by atoms with Crippen molar-refractivity contribution in [3.63, 3.8) is 0 Å². The maximum atomic E-state index is 12.3. The molecule has 0 spiro atoms. The normalized spacial score (nSPS) is 20.7. The van der Waals surface area contributed by atoms with Gasteiger partial charge in [-0.05, 0) is 25.5 Å². The molecule has 2 atom stereocenters. The van der Waals surface area contributed by atoms with Gasteiger partial charge in [-0.1, -0.05) is 6.07 Å². The summed E-state index contributed by atoms with van der Waals surface area (Å²) in [6.07, 6.45) is 5.79. The quantitative estimate of drug-likeness (QED) is 0.857. The molecule has 1 amide bonds. The predicted octanol–water partition coefficient (Wildman–Crippen LogP) is 1.08. The van der Waals surface area contributed by atoms with Crippen LogP contribution in [0.5, 0.6) is 0 Å². The van der Waals surface area contributed by atoms with E-state index in [2.05, 4.69) is 15.3 Å². The summed E-state index contributed by atoms with van der Waals surface area (Å²) in [7, 11) is 0. The fourth-order valence-electron chi connectivity index (χ4n) is 2.70. The molecule has 128 valence electrons. The molecular formula is C17H22N4O3. The summed E-state index contributed by atoms with van der Waals surface area (Å²) in [5, 5.41) is 3.06. The molecule has 0 aliphatic carbocycles. The van der Waals surface area contributed by atoms with Crippen LogP contribution in [0.3, 0.4) is 0 Å². The number of carbonyl (C=O) groups excluding carboxylic acids is 1. The molecular weight excluding hydrogens is 308 g/mol. The van der Waals surface area contributed by atoms with Crippen LogP contribution in [0.2, 0.25) is 0 Å². The van der Waals surface area contributed by atoms with Crippen LogP contribution in [0.15, 0.2) is 36.8 Å². The summed E-state index contributed by atoms with van der Waals surface area (Å²) in [5.41, 5.74) is 0.863. The van der Waals surface area contributed by atoms with Crippen LogP contribution in [0, 0.1) is 6.92 Å². The molecule has 24 heavy (non-hydrogen) atoms. The lowest BCUT2D eigenvalue weighted by Crippen LogP contribution is -2.50. The summed E-state index contributed by atoms with van der Waals surface area (Å²) in [6, 6.07) is 5.65. The third kappa shape index (κ3) is 4.39. The Balaban J connectivity index is 1.54. The highest BCUT2D eigenvalue weighted by atomic mass is 16.5. The minimum absolute atomic E-state index is 0.0468. The molecule has 1 fully saturated rings. The Morgan fingerprint density at radius 1 is 1.42 bits per heavy atom. The molecule has 3 rings (SSSR count). The first-order valence-electron chi connectivity index (χ1n) is 8.09. The van der Waals surface area contributed by atoms with E-state index in [1.165, 1.54) is 0 Å². The fraction of sp³-hybridized carbons (Fsp3) is 0.471. The Kier molecular flexibility index (Phi) is 5.55. The molecule has 2 aromatic heterocycles. The van der Waals surface area contributed by atoms with Gasteiger partial charge in [0.15, 0.2) is 0 Å². The Labute approximate surface area is 141 Å². The minimum atomic E-state index is -0.173. The number of imidazole rings is 1. The van der Waals surface area contributed by atoms with E-state index in [0.717, 1.165) is 17.9 Å². The highest BCUT2D eigenvalue weighted by Gasteiger charge is 2.28. The summed E-state index contributed by atoms with van der Waals surface area (Å²) in [4.78, 5) is 20.7. The molecule has 0 unspecified atom stereocenters.